The second-order valence-corrected chi connectivity index (χ2v) is 16.0. The quantitative estimate of drug-likeness (QED) is 0.293. The van der Waals surface area contributed by atoms with Crippen LogP contribution in [0.5, 0.6) is 0 Å². The predicted octanol–water partition coefficient (Wildman–Crippen LogP) is 8.50. The van der Waals surface area contributed by atoms with Gasteiger partial charge in [0.2, 0.25) is 0 Å². The van der Waals surface area contributed by atoms with Crippen LogP contribution in [0.2, 0.25) is 0 Å². The van der Waals surface area contributed by atoms with Crippen LogP contribution in [0.4, 0.5) is 2.87 Å². The average molecular weight is 544 g/mol. The zero-order valence-corrected chi connectivity index (χ0v) is 25.5. The Morgan fingerprint density at radius 1 is 0.438 bits per heavy atom. The molecule has 0 heterocycles. The fraction of sp³-hybridized carbons (Fsp3) is 0.600. The first-order valence-electron chi connectivity index (χ1n) is 12.7. The van der Waals surface area contributed by atoms with Crippen molar-refractivity contribution in [3.8, 4) is 0 Å². The molecule has 0 saturated carbocycles. The maximum absolute atomic E-state index is 17.2. The molecule has 1 radical (unpaired) electrons. The average Bonchev–Trinajstić information content (AvgIpc) is 2.70. The van der Waals surface area contributed by atoms with Gasteiger partial charge in [-0.3, -0.25) is 0 Å². The first-order valence-corrected chi connectivity index (χ1v) is 16.6. The summed E-state index contributed by atoms with van der Waals surface area (Å²) >= 11 is -3.65. The van der Waals surface area contributed by atoms with Gasteiger partial charge in [-0.2, -0.15) is 0 Å². The van der Waals surface area contributed by atoms with Crippen molar-refractivity contribution in [2.45, 2.75) is 119 Å². The molecule has 0 N–H and O–H groups in total. The molecule has 0 unspecified atom stereocenters. The van der Waals surface area contributed by atoms with Crippen LogP contribution in [0.1, 0.15) is 152 Å². The fourth-order valence-electron chi connectivity index (χ4n) is 4.54. The molecule has 2 aromatic carbocycles. The van der Waals surface area contributed by atoms with Crippen LogP contribution < -0.4 is 7.16 Å². The molecule has 177 valence electrons. The van der Waals surface area contributed by atoms with Crippen molar-refractivity contribution >= 4 is 27.5 Å². The van der Waals surface area contributed by atoms with Gasteiger partial charge in [-0.15, -0.1) is 0 Å². The number of benzene rings is 2. The summed E-state index contributed by atoms with van der Waals surface area (Å²) in [6.45, 7) is 26.9. The Hall–Kier alpha value is -0.831. The number of hydrogen-bond acceptors (Lipinski definition) is 0. The summed E-state index contributed by atoms with van der Waals surface area (Å²) in [4.78, 5) is 0. The summed E-state index contributed by atoms with van der Waals surface area (Å²) < 4.78 is 19.4. The van der Waals surface area contributed by atoms with E-state index in [0.29, 0.717) is 35.5 Å². The third-order valence-corrected chi connectivity index (χ3v) is 12.5. The standard InChI is InChI=1S/2C15H23.FH.Sn/c2*1-10(2)13-7-14(11(3)4)9-15(8-13)12(5)6;;/h2*7-8,10-12H,1-6H3;1H;/q;;;+1/p-1. The van der Waals surface area contributed by atoms with E-state index in [1.165, 1.54) is 33.4 Å². The third kappa shape index (κ3) is 5.80. The third-order valence-electron chi connectivity index (χ3n) is 6.70. The van der Waals surface area contributed by atoms with Crippen molar-refractivity contribution < 1.29 is 2.87 Å². The Balaban J connectivity index is 2.94. The Labute approximate surface area is 205 Å². The Morgan fingerprint density at radius 3 is 0.812 bits per heavy atom. The monoisotopic (exact) mass is 545 g/mol. The Bertz CT molecular complexity index is 785. The topological polar surface area (TPSA) is 0 Å². The van der Waals surface area contributed by atoms with Crippen LogP contribution in [0.15, 0.2) is 24.3 Å². The first-order chi connectivity index (χ1) is 14.8. The summed E-state index contributed by atoms with van der Waals surface area (Å²) in [5, 5.41) is 0. The maximum atomic E-state index is 17.2. The van der Waals surface area contributed by atoms with Gasteiger partial charge >= 0.3 is 207 Å². The van der Waals surface area contributed by atoms with Gasteiger partial charge in [-0.05, 0) is 0 Å². The van der Waals surface area contributed by atoms with Crippen LogP contribution in [0.3, 0.4) is 0 Å². The Kier molecular flexibility index (Phi) is 9.48. The van der Waals surface area contributed by atoms with E-state index in [9.17, 15) is 0 Å². The van der Waals surface area contributed by atoms with Crippen molar-refractivity contribution in [2.24, 2.45) is 0 Å². The van der Waals surface area contributed by atoms with E-state index in [0.717, 1.165) is 7.16 Å². The second-order valence-electron chi connectivity index (χ2n) is 11.4. The molecule has 2 rings (SSSR count). The second kappa shape index (κ2) is 11.1. The Morgan fingerprint density at radius 2 is 0.656 bits per heavy atom. The minimum absolute atomic E-state index is 0.326. The van der Waals surface area contributed by atoms with Gasteiger partial charge in [0.25, 0.3) is 0 Å². The van der Waals surface area contributed by atoms with Gasteiger partial charge in [0.1, 0.15) is 0 Å². The fourth-order valence-corrected chi connectivity index (χ4v) is 12.3. The molecule has 0 spiro atoms. The van der Waals surface area contributed by atoms with Crippen molar-refractivity contribution in [3.05, 3.63) is 57.6 Å². The number of rotatable bonds is 8. The zero-order valence-electron chi connectivity index (χ0n) is 22.7. The molecule has 0 amide bonds. The van der Waals surface area contributed by atoms with E-state index in [-0.39, 0.29) is 0 Å². The van der Waals surface area contributed by atoms with Gasteiger partial charge in [-0.1, -0.05) is 0 Å². The van der Waals surface area contributed by atoms with Crippen LogP contribution in [-0.4, -0.2) is 20.3 Å². The zero-order chi connectivity index (χ0) is 24.5. The van der Waals surface area contributed by atoms with E-state index in [1.807, 2.05) is 0 Å². The number of halogens is 1. The molecule has 0 fully saturated rings. The van der Waals surface area contributed by atoms with Gasteiger partial charge in [0, 0.05) is 0 Å². The van der Waals surface area contributed by atoms with Crippen LogP contribution in [-0.2, 0) is 0 Å². The van der Waals surface area contributed by atoms with Crippen LogP contribution >= 0.6 is 0 Å². The molecule has 2 heteroatoms. The van der Waals surface area contributed by atoms with E-state index in [1.54, 1.807) is 0 Å². The van der Waals surface area contributed by atoms with Gasteiger partial charge in [0.05, 0.1) is 0 Å². The van der Waals surface area contributed by atoms with Crippen molar-refractivity contribution in [1.29, 1.82) is 0 Å². The molecule has 0 nitrogen and oxygen atoms in total. The molecule has 0 saturated heterocycles. The summed E-state index contributed by atoms with van der Waals surface area (Å²) in [5.74, 6) is 2.21. The van der Waals surface area contributed by atoms with Gasteiger partial charge < -0.3 is 0 Å². The van der Waals surface area contributed by atoms with Crippen LogP contribution in [0, 0.1) is 0 Å². The molecule has 0 bridgehead atoms. The van der Waals surface area contributed by atoms with E-state index < -0.39 is 20.3 Å². The molecule has 0 aliphatic heterocycles. The molecule has 0 aliphatic carbocycles. The summed E-state index contributed by atoms with van der Waals surface area (Å²) in [5.41, 5.74) is 7.73. The predicted molar refractivity (Wildman–Crippen MR) is 144 cm³/mol. The van der Waals surface area contributed by atoms with E-state index in [2.05, 4.69) is 107 Å². The summed E-state index contributed by atoms with van der Waals surface area (Å²) in [7, 11) is 0. The van der Waals surface area contributed by atoms with E-state index in [4.69, 9.17) is 0 Å². The molecular formula is C30H46FSn. The van der Waals surface area contributed by atoms with Crippen molar-refractivity contribution in [1.82, 2.24) is 0 Å². The molecule has 0 aliphatic rings. The summed E-state index contributed by atoms with van der Waals surface area (Å²) in [6, 6.07) is 9.29. The van der Waals surface area contributed by atoms with E-state index >= 15 is 2.87 Å². The molecule has 2 aromatic rings. The number of hydrogen-bond donors (Lipinski definition) is 0. The minimum atomic E-state index is -3.65. The van der Waals surface area contributed by atoms with Crippen LogP contribution in [0.25, 0.3) is 0 Å². The van der Waals surface area contributed by atoms with Crippen molar-refractivity contribution in [3.63, 3.8) is 0 Å². The molecular weight excluding hydrogens is 498 g/mol. The SMILES string of the molecule is CC(C)c1cc(C(C)C)[c]([Sn]([F])[c]2c(C(C)C)cc(C(C)C)cc2C(C)C)c(C(C)C)c1. The van der Waals surface area contributed by atoms with Crippen molar-refractivity contribution in [2.75, 3.05) is 0 Å². The van der Waals surface area contributed by atoms with Gasteiger partial charge in [-0.25, -0.2) is 0 Å². The molecule has 32 heavy (non-hydrogen) atoms. The molecule has 0 atom stereocenters. The summed E-state index contributed by atoms with van der Waals surface area (Å²) in [6.07, 6.45) is 0. The first kappa shape index (κ1) is 27.4. The normalized spacial score (nSPS) is 12.6. The van der Waals surface area contributed by atoms with Gasteiger partial charge in [0.15, 0.2) is 0 Å². The molecule has 0 aromatic heterocycles.